The number of anilines is 12. The second-order valence-electron chi connectivity index (χ2n) is 24.3. The van der Waals surface area contributed by atoms with Crippen molar-refractivity contribution in [1.29, 1.82) is 0 Å². The first kappa shape index (κ1) is 86.1. The number of aromatic nitrogens is 18. The molecule has 602 valence electrons. The summed E-state index contributed by atoms with van der Waals surface area (Å²) in [7, 11) is 1.76. The van der Waals surface area contributed by atoms with Gasteiger partial charge in [0.2, 0.25) is 71.4 Å². The molecule has 0 saturated heterocycles. The number of thioether (sulfide) groups is 6. The SMILES string of the molecule is CNc1nc(NCCNc2nc(NCCNc3nc(NCCNc4nc(NCCNc5nc(NCCNc6nc(NCCN)nc(SCc7ccc(Cl)cc7)n6)nc(SCc6ccc(Cl)cc6)n5)nc(SCc5ccc(Cl)cc5)n4)nc(SCc4ccc(Cl)cc4)n3)nc(SCc3ccc(Cl)cc3)n2)nc(SCc2ccc(Cl)cc2)n1. The number of benzene rings is 6. The van der Waals surface area contributed by atoms with E-state index in [1.54, 1.807) is 7.05 Å². The van der Waals surface area contributed by atoms with Gasteiger partial charge in [0, 0.05) is 150 Å². The maximum atomic E-state index is 6.26. The van der Waals surface area contributed by atoms with E-state index in [1.807, 2.05) is 146 Å². The van der Waals surface area contributed by atoms with Crippen molar-refractivity contribution in [3.05, 3.63) is 209 Å². The molecule has 31 nitrogen and oxygen atoms in total. The highest BCUT2D eigenvalue weighted by Crippen LogP contribution is 2.30. The van der Waals surface area contributed by atoms with Gasteiger partial charge in [0.05, 0.1) is 0 Å². The molecule has 116 heavy (non-hydrogen) atoms. The van der Waals surface area contributed by atoms with E-state index < -0.39 is 0 Å². The molecule has 14 N–H and O–H groups in total. The number of nitrogens with two attached hydrogens (primary N) is 1. The van der Waals surface area contributed by atoms with Gasteiger partial charge in [-0.1, -0.05) is 213 Å². The first-order valence-corrected chi connectivity index (χ1v) is 44.2. The molecule has 0 aliphatic rings. The van der Waals surface area contributed by atoms with Crippen molar-refractivity contribution in [3.8, 4) is 0 Å². The number of rotatable bonds is 47. The molecule has 43 heteroatoms. The lowest BCUT2D eigenvalue weighted by Gasteiger charge is -2.13. The molecule has 0 atom stereocenters. The van der Waals surface area contributed by atoms with Crippen LogP contribution in [0.2, 0.25) is 30.1 Å². The Labute approximate surface area is 724 Å². The summed E-state index contributed by atoms with van der Waals surface area (Å²) in [5.74, 6) is 8.16. The Kier molecular flexibility index (Phi) is 34.2. The van der Waals surface area contributed by atoms with Crippen molar-refractivity contribution in [2.24, 2.45) is 5.73 Å². The number of nitrogens with one attached hydrogen (secondary N) is 12. The van der Waals surface area contributed by atoms with Crippen LogP contribution < -0.4 is 69.5 Å². The summed E-state index contributed by atoms with van der Waals surface area (Å²) in [5, 5.41) is 46.8. The molecule has 0 aliphatic carbocycles. The Balaban J connectivity index is 0.672. The Bertz CT molecular complexity index is 5080. The minimum atomic E-state index is 0.346. The second kappa shape index (κ2) is 46.1. The molecular formula is C73H77Cl6N31S6. The van der Waals surface area contributed by atoms with Crippen molar-refractivity contribution in [2.45, 2.75) is 65.5 Å². The van der Waals surface area contributed by atoms with Crippen molar-refractivity contribution in [3.63, 3.8) is 0 Å². The lowest BCUT2D eigenvalue weighted by molar-refractivity contribution is 0.860. The largest absolute Gasteiger partial charge is 0.357 e. The number of hydrogen-bond donors (Lipinski definition) is 13. The summed E-state index contributed by atoms with van der Waals surface area (Å²) < 4.78 is 0. The third kappa shape index (κ3) is 30.1. The van der Waals surface area contributed by atoms with Gasteiger partial charge < -0.3 is 69.5 Å². The van der Waals surface area contributed by atoms with Gasteiger partial charge >= 0.3 is 0 Å². The monoisotopic (exact) mass is 1790 g/mol. The number of halogens is 6. The van der Waals surface area contributed by atoms with E-state index in [0.717, 1.165) is 33.4 Å². The maximum Gasteiger partial charge on any atom is 0.228 e. The van der Waals surface area contributed by atoms with E-state index in [4.69, 9.17) is 135 Å². The fourth-order valence-corrected chi connectivity index (χ4v) is 15.3. The van der Waals surface area contributed by atoms with Gasteiger partial charge in [0.1, 0.15) is 0 Å². The van der Waals surface area contributed by atoms with Gasteiger partial charge in [-0.15, -0.1) is 0 Å². The van der Waals surface area contributed by atoms with Crippen LogP contribution in [0.15, 0.2) is 177 Å². The molecule has 0 saturated carbocycles. The van der Waals surface area contributed by atoms with E-state index in [-0.39, 0.29) is 0 Å². The topological polar surface area (TPSA) is 402 Å². The molecule has 12 aromatic rings. The fourth-order valence-electron chi connectivity index (χ4n) is 9.81. The predicted octanol–water partition coefficient (Wildman–Crippen LogP) is 15.5. The Morgan fingerprint density at radius 3 is 0.491 bits per heavy atom. The highest BCUT2D eigenvalue weighted by atomic mass is 35.5. The standard InChI is InChI=1S/C73H77Cl6N31S6/c1-81-56-93-58(101-68(99-56)111-38-44-2-14-50(74)15-3-44)83-28-29-85-60-95-62(105-70(103-60)113-40-46-6-18-52(76)19-7-46)87-32-33-89-64-97-66(109-72(107-64)115-42-48-10-22-54(78)23-11-48)91-36-37-92-67-98-65(108-73(110-67)116-43-49-12-24-55(79)25-13-49)90-35-34-88-63-96-61(104-71(106-63)114-41-47-8-20-53(77)21-9-47)86-31-30-84-59-94-57(82-27-26-80)100-69(102-59)112-39-45-4-16-51(75)17-5-45/h2-25H,26-43,80H2,1H3,(H2,81,83,93,99,101)(H2,82,84,94,100,102)(H2,85,87,95,103,105)(H2,86,88,96,104,106)(H2,89,91,97,107,109)(H2,90,92,98,108,110). The zero-order valence-corrected chi connectivity index (χ0v) is 71.4. The molecule has 6 aromatic heterocycles. The van der Waals surface area contributed by atoms with Gasteiger partial charge in [0.25, 0.3) is 0 Å². The zero-order chi connectivity index (χ0) is 80.5. The molecule has 0 fully saturated rings. The fraction of sp³-hybridized carbons (Fsp3) is 0.260. The Hall–Kier alpha value is -9.22. The minimum Gasteiger partial charge on any atom is -0.357 e. The molecule has 0 amide bonds. The molecule has 0 unspecified atom stereocenters. The molecule has 0 aliphatic heterocycles. The van der Waals surface area contributed by atoms with E-state index in [1.165, 1.54) is 70.6 Å². The normalized spacial score (nSPS) is 11.1. The molecule has 0 bridgehead atoms. The van der Waals surface area contributed by atoms with Crippen molar-refractivity contribution in [1.82, 2.24) is 89.7 Å². The van der Waals surface area contributed by atoms with Crippen LogP contribution in [0.5, 0.6) is 0 Å². The van der Waals surface area contributed by atoms with Crippen LogP contribution in [0, 0.1) is 0 Å². The summed E-state index contributed by atoms with van der Waals surface area (Å²) in [6.45, 7) is 4.80. The zero-order valence-electron chi connectivity index (χ0n) is 61.9. The van der Waals surface area contributed by atoms with Crippen LogP contribution in [0.4, 0.5) is 71.4 Å². The van der Waals surface area contributed by atoms with Crippen LogP contribution >= 0.6 is 140 Å². The van der Waals surface area contributed by atoms with E-state index >= 15 is 0 Å². The second-order valence-corrected chi connectivity index (χ2v) is 32.6. The summed E-state index contributed by atoms with van der Waals surface area (Å²) in [6.07, 6.45) is 0. The van der Waals surface area contributed by atoms with Gasteiger partial charge in [-0.05, 0) is 106 Å². The minimum absolute atomic E-state index is 0.346. The molecule has 12 rings (SSSR count). The van der Waals surface area contributed by atoms with Crippen molar-refractivity contribution < 1.29 is 0 Å². The van der Waals surface area contributed by atoms with Crippen molar-refractivity contribution in [2.75, 3.05) is 149 Å². The van der Waals surface area contributed by atoms with Crippen LogP contribution in [-0.2, 0) is 34.5 Å². The van der Waals surface area contributed by atoms with Gasteiger partial charge in [0.15, 0.2) is 30.9 Å². The van der Waals surface area contributed by atoms with Crippen LogP contribution in [-0.4, -0.2) is 175 Å². The highest BCUT2D eigenvalue weighted by molar-refractivity contribution is 7.99. The Morgan fingerprint density at radius 1 is 0.207 bits per heavy atom. The summed E-state index contributed by atoms with van der Waals surface area (Å²) in [6, 6.07) is 46.0. The molecule has 0 radical (unpaired) electrons. The van der Waals surface area contributed by atoms with Gasteiger partial charge in [-0.25, -0.2) is 0 Å². The number of hydrogen-bond acceptors (Lipinski definition) is 37. The van der Waals surface area contributed by atoms with E-state index in [2.05, 4.69) is 93.7 Å². The van der Waals surface area contributed by atoms with Crippen molar-refractivity contribution >= 4 is 212 Å². The molecule has 6 heterocycles. The molecule has 6 aromatic carbocycles. The maximum absolute atomic E-state index is 6.26. The lowest BCUT2D eigenvalue weighted by atomic mass is 10.2. The van der Waals surface area contributed by atoms with Crippen LogP contribution in [0.1, 0.15) is 33.4 Å². The summed E-state index contributed by atoms with van der Waals surface area (Å²) in [4.78, 5) is 85.0. The van der Waals surface area contributed by atoms with E-state index in [9.17, 15) is 0 Å². The third-order valence-corrected chi connectivity index (χ3v) is 22.5. The van der Waals surface area contributed by atoms with Crippen LogP contribution in [0.3, 0.4) is 0 Å². The molecular weight excluding hydrogens is 1720 g/mol. The highest BCUT2D eigenvalue weighted by Gasteiger charge is 2.17. The van der Waals surface area contributed by atoms with Crippen LogP contribution in [0.25, 0.3) is 0 Å². The lowest BCUT2D eigenvalue weighted by Crippen LogP contribution is -2.21. The first-order valence-electron chi connectivity index (χ1n) is 36.0. The summed E-state index contributed by atoms with van der Waals surface area (Å²) >= 11 is 46.0. The predicted molar refractivity (Wildman–Crippen MR) is 477 cm³/mol. The third-order valence-electron chi connectivity index (χ3n) is 15.5. The average Bonchev–Trinajstić information content (AvgIpc) is 0.849. The smallest absolute Gasteiger partial charge is 0.228 e. The number of nitrogens with zero attached hydrogens (tertiary/aromatic N) is 18. The van der Waals surface area contributed by atoms with E-state index in [0.29, 0.717) is 246 Å². The Morgan fingerprint density at radius 2 is 0.345 bits per heavy atom. The first-order chi connectivity index (χ1) is 56.7. The quantitative estimate of drug-likeness (QED) is 0.0124. The van der Waals surface area contributed by atoms with Gasteiger partial charge in [-0.2, -0.15) is 89.7 Å². The molecule has 0 spiro atoms. The average molecular weight is 1790 g/mol. The summed E-state index contributed by atoms with van der Waals surface area (Å²) in [5.41, 5.74) is 12.2. The van der Waals surface area contributed by atoms with Gasteiger partial charge in [-0.3, -0.25) is 0 Å².